The highest BCUT2D eigenvalue weighted by atomic mass is 16.5. The van der Waals surface area contributed by atoms with Crippen molar-refractivity contribution >= 4 is 16.9 Å². The quantitative estimate of drug-likeness (QED) is 0.694. The lowest BCUT2D eigenvalue weighted by molar-refractivity contribution is -0.0293. The monoisotopic (exact) mass is 394 g/mol. The summed E-state index contributed by atoms with van der Waals surface area (Å²) in [5.41, 5.74) is 2.77. The molecule has 4 rings (SSSR count). The molecule has 0 bridgehead atoms. The Hall–Kier alpha value is -2.83. The van der Waals surface area contributed by atoms with Crippen molar-refractivity contribution in [1.82, 2.24) is 10.2 Å². The SMILES string of the molecule is COc1ccc2oc(C(=O)NCC3CN(Cc4ccccc4)CCO3)c(C)c2c1. The summed E-state index contributed by atoms with van der Waals surface area (Å²) >= 11 is 0. The van der Waals surface area contributed by atoms with E-state index >= 15 is 0 Å². The molecule has 0 spiro atoms. The lowest BCUT2D eigenvalue weighted by atomic mass is 10.1. The fraction of sp³-hybridized carbons (Fsp3) is 0.348. The Kier molecular flexibility index (Phi) is 5.83. The fourth-order valence-electron chi connectivity index (χ4n) is 3.72. The van der Waals surface area contributed by atoms with Crippen LogP contribution in [0.3, 0.4) is 0 Å². The number of furan rings is 1. The first kappa shape index (κ1) is 19.5. The first-order valence-electron chi connectivity index (χ1n) is 9.87. The van der Waals surface area contributed by atoms with Crippen LogP contribution in [0.1, 0.15) is 21.7 Å². The average molecular weight is 394 g/mol. The topological polar surface area (TPSA) is 63.9 Å². The third kappa shape index (κ3) is 4.44. The van der Waals surface area contributed by atoms with Crippen molar-refractivity contribution in [1.29, 1.82) is 0 Å². The molecule has 1 N–H and O–H groups in total. The Morgan fingerprint density at radius 1 is 1.24 bits per heavy atom. The Balaban J connectivity index is 1.36. The van der Waals surface area contributed by atoms with E-state index in [1.165, 1.54) is 5.56 Å². The maximum Gasteiger partial charge on any atom is 0.287 e. The first-order valence-corrected chi connectivity index (χ1v) is 9.87. The number of fused-ring (bicyclic) bond motifs is 1. The van der Waals surface area contributed by atoms with E-state index in [4.69, 9.17) is 13.9 Å². The minimum atomic E-state index is -0.221. The Morgan fingerprint density at radius 3 is 2.86 bits per heavy atom. The Morgan fingerprint density at radius 2 is 2.07 bits per heavy atom. The van der Waals surface area contributed by atoms with Crippen molar-refractivity contribution in [2.45, 2.75) is 19.6 Å². The highest BCUT2D eigenvalue weighted by Crippen LogP contribution is 2.28. The van der Waals surface area contributed by atoms with Gasteiger partial charge in [-0.1, -0.05) is 30.3 Å². The molecule has 152 valence electrons. The number of morpholine rings is 1. The molecule has 0 saturated carbocycles. The van der Waals surface area contributed by atoms with E-state index < -0.39 is 0 Å². The Labute approximate surface area is 170 Å². The molecule has 2 heterocycles. The van der Waals surface area contributed by atoms with E-state index in [-0.39, 0.29) is 12.0 Å². The van der Waals surface area contributed by atoms with Crippen LogP contribution in [0, 0.1) is 6.92 Å². The second-order valence-corrected chi connectivity index (χ2v) is 7.34. The zero-order valence-electron chi connectivity index (χ0n) is 16.8. The molecule has 6 nitrogen and oxygen atoms in total. The molecule has 1 aliphatic rings. The normalized spacial score (nSPS) is 17.4. The van der Waals surface area contributed by atoms with Gasteiger partial charge in [0.25, 0.3) is 5.91 Å². The van der Waals surface area contributed by atoms with E-state index in [2.05, 4.69) is 34.5 Å². The molecule has 1 fully saturated rings. The van der Waals surface area contributed by atoms with Gasteiger partial charge in [0.2, 0.25) is 0 Å². The van der Waals surface area contributed by atoms with Crippen LogP contribution in [0.25, 0.3) is 11.0 Å². The van der Waals surface area contributed by atoms with Gasteiger partial charge in [-0.05, 0) is 30.7 Å². The van der Waals surface area contributed by atoms with Crippen LogP contribution in [0.15, 0.2) is 52.9 Å². The number of nitrogens with one attached hydrogen (secondary N) is 1. The minimum absolute atomic E-state index is 0.0406. The predicted molar refractivity (Wildman–Crippen MR) is 111 cm³/mol. The molecule has 1 amide bonds. The largest absolute Gasteiger partial charge is 0.497 e. The number of benzene rings is 2. The molecule has 1 aromatic heterocycles. The van der Waals surface area contributed by atoms with Gasteiger partial charge in [-0.3, -0.25) is 9.69 Å². The van der Waals surface area contributed by atoms with Crippen molar-refractivity contribution < 1.29 is 18.7 Å². The van der Waals surface area contributed by atoms with E-state index in [1.54, 1.807) is 7.11 Å². The summed E-state index contributed by atoms with van der Waals surface area (Å²) in [5, 5.41) is 3.85. The smallest absolute Gasteiger partial charge is 0.287 e. The lowest BCUT2D eigenvalue weighted by Gasteiger charge is -2.33. The van der Waals surface area contributed by atoms with Gasteiger partial charge in [0.05, 0.1) is 19.8 Å². The molecule has 1 unspecified atom stereocenters. The minimum Gasteiger partial charge on any atom is -0.497 e. The van der Waals surface area contributed by atoms with E-state index in [9.17, 15) is 4.79 Å². The predicted octanol–water partition coefficient (Wildman–Crippen LogP) is 3.38. The van der Waals surface area contributed by atoms with Gasteiger partial charge in [-0.15, -0.1) is 0 Å². The van der Waals surface area contributed by atoms with E-state index in [1.807, 2.05) is 31.2 Å². The van der Waals surface area contributed by atoms with Crippen LogP contribution in [0.2, 0.25) is 0 Å². The molecule has 1 aliphatic heterocycles. The molecule has 2 aromatic carbocycles. The fourth-order valence-corrected chi connectivity index (χ4v) is 3.72. The molecule has 3 aromatic rings. The number of nitrogens with zero attached hydrogens (tertiary/aromatic N) is 1. The van der Waals surface area contributed by atoms with Gasteiger partial charge in [-0.25, -0.2) is 0 Å². The number of hydrogen-bond acceptors (Lipinski definition) is 5. The molecule has 0 radical (unpaired) electrons. The highest BCUT2D eigenvalue weighted by molar-refractivity contribution is 5.99. The second-order valence-electron chi connectivity index (χ2n) is 7.34. The van der Waals surface area contributed by atoms with Crippen molar-refractivity contribution in [3.8, 4) is 5.75 Å². The number of rotatable bonds is 6. The second kappa shape index (κ2) is 8.68. The first-order chi connectivity index (χ1) is 14.1. The van der Waals surface area contributed by atoms with E-state index in [0.717, 1.165) is 36.3 Å². The summed E-state index contributed by atoms with van der Waals surface area (Å²) in [4.78, 5) is 15.1. The molecule has 29 heavy (non-hydrogen) atoms. The number of hydrogen-bond donors (Lipinski definition) is 1. The summed E-state index contributed by atoms with van der Waals surface area (Å²) in [6.45, 7) is 5.56. The van der Waals surface area contributed by atoms with Gasteiger partial charge in [0.15, 0.2) is 5.76 Å². The molecular weight excluding hydrogens is 368 g/mol. The van der Waals surface area contributed by atoms with Crippen LogP contribution < -0.4 is 10.1 Å². The number of carbonyl (C=O) groups excluding carboxylic acids is 1. The number of amides is 1. The van der Waals surface area contributed by atoms with Gasteiger partial charge in [0, 0.05) is 37.1 Å². The van der Waals surface area contributed by atoms with Gasteiger partial charge >= 0.3 is 0 Å². The standard InChI is InChI=1S/C23H26N2O4/c1-16-20-12-18(27-2)8-9-21(20)29-22(16)23(26)24-13-19-15-25(10-11-28-19)14-17-6-4-3-5-7-17/h3-9,12,19H,10-11,13-15H2,1-2H3,(H,24,26). The molecule has 1 saturated heterocycles. The maximum atomic E-state index is 12.7. The third-order valence-electron chi connectivity index (χ3n) is 5.31. The van der Waals surface area contributed by atoms with Crippen LogP contribution in [-0.2, 0) is 11.3 Å². The van der Waals surface area contributed by atoms with E-state index in [0.29, 0.717) is 24.5 Å². The lowest BCUT2D eigenvalue weighted by Crippen LogP contribution is -2.47. The highest BCUT2D eigenvalue weighted by Gasteiger charge is 2.23. The maximum absolute atomic E-state index is 12.7. The number of aryl methyl sites for hydroxylation is 1. The number of methoxy groups -OCH3 is 1. The summed E-state index contributed by atoms with van der Waals surface area (Å²) in [6.07, 6.45) is -0.0406. The van der Waals surface area contributed by atoms with Gasteiger partial charge < -0.3 is 19.2 Å². The van der Waals surface area contributed by atoms with Gasteiger partial charge in [0.1, 0.15) is 11.3 Å². The van der Waals surface area contributed by atoms with Crippen molar-refractivity contribution in [3.63, 3.8) is 0 Å². The summed E-state index contributed by atoms with van der Waals surface area (Å²) in [5.74, 6) is 0.856. The molecular formula is C23H26N2O4. The zero-order valence-corrected chi connectivity index (χ0v) is 16.8. The van der Waals surface area contributed by atoms with Crippen molar-refractivity contribution in [3.05, 3.63) is 65.4 Å². The summed E-state index contributed by atoms with van der Waals surface area (Å²) < 4.78 is 16.9. The van der Waals surface area contributed by atoms with Crippen molar-refractivity contribution in [2.24, 2.45) is 0 Å². The average Bonchev–Trinajstić information content (AvgIpc) is 3.09. The molecule has 1 atom stereocenters. The number of carbonyl (C=O) groups is 1. The van der Waals surface area contributed by atoms with Crippen LogP contribution in [-0.4, -0.2) is 50.3 Å². The molecule has 6 heteroatoms. The van der Waals surface area contributed by atoms with Crippen LogP contribution >= 0.6 is 0 Å². The zero-order chi connectivity index (χ0) is 20.2. The number of ether oxygens (including phenoxy) is 2. The summed E-state index contributed by atoms with van der Waals surface area (Å²) in [6, 6.07) is 15.9. The summed E-state index contributed by atoms with van der Waals surface area (Å²) in [7, 11) is 1.62. The van der Waals surface area contributed by atoms with Crippen molar-refractivity contribution in [2.75, 3.05) is 33.4 Å². The van der Waals surface area contributed by atoms with Crippen LogP contribution in [0.4, 0.5) is 0 Å². The Bertz CT molecular complexity index is 983. The van der Waals surface area contributed by atoms with Gasteiger partial charge in [-0.2, -0.15) is 0 Å². The molecule has 0 aliphatic carbocycles. The third-order valence-corrected chi connectivity index (χ3v) is 5.31. The van der Waals surface area contributed by atoms with Crippen LogP contribution in [0.5, 0.6) is 5.75 Å².